The Kier molecular flexibility index (Phi) is 5.49. The second-order valence-electron chi connectivity index (χ2n) is 6.84. The Bertz CT molecular complexity index is 1170. The van der Waals surface area contributed by atoms with Gasteiger partial charge in [-0.1, -0.05) is 23.8 Å². The zero-order chi connectivity index (χ0) is 20.5. The first-order valence-electron chi connectivity index (χ1n) is 8.94. The molecule has 0 atom stereocenters. The minimum absolute atomic E-state index is 0.220. The number of hydrazone groups is 1. The summed E-state index contributed by atoms with van der Waals surface area (Å²) in [7, 11) is -2.05. The van der Waals surface area contributed by atoms with Crippen LogP contribution in [0, 0.1) is 20.8 Å². The van der Waals surface area contributed by atoms with E-state index in [0.29, 0.717) is 5.82 Å². The van der Waals surface area contributed by atoms with Gasteiger partial charge in [-0.05, 0) is 75.7 Å². The predicted octanol–water partition coefficient (Wildman–Crippen LogP) is 3.90. The molecule has 0 aliphatic carbocycles. The molecule has 0 aliphatic rings. The summed E-state index contributed by atoms with van der Waals surface area (Å²) in [5, 5.41) is 5.55. The highest BCUT2D eigenvalue weighted by Gasteiger charge is 2.11. The molecule has 0 amide bonds. The highest BCUT2D eigenvalue weighted by molar-refractivity contribution is 7.89. The van der Waals surface area contributed by atoms with Crippen molar-refractivity contribution in [2.75, 3.05) is 12.5 Å². The highest BCUT2D eigenvalue weighted by atomic mass is 32.2. The first-order valence-corrected chi connectivity index (χ1v) is 10.4. The van der Waals surface area contributed by atoms with Crippen LogP contribution in [0.3, 0.4) is 0 Å². The van der Waals surface area contributed by atoms with Gasteiger partial charge in [0, 0.05) is 5.39 Å². The number of sulfonamides is 1. The summed E-state index contributed by atoms with van der Waals surface area (Å²) in [6.07, 6.45) is 0. The number of hydrogen-bond donors (Lipinski definition) is 2. The number of benzene rings is 2. The fraction of sp³-hybridized carbons (Fsp3) is 0.238. The largest absolute Gasteiger partial charge is 0.261 e. The van der Waals surface area contributed by atoms with Crippen LogP contribution >= 0.6 is 0 Å². The number of anilines is 1. The molecule has 0 fully saturated rings. The molecule has 3 rings (SSSR count). The Morgan fingerprint density at radius 3 is 2.32 bits per heavy atom. The van der Waals surface area contributed by atoms with Crippen molar-refractivity contribution in [2.45, 2.75) is 32.6 Å². The number of nitrogens with zero attached hydrogens (tertiary/aromatic N) is 2. The van der Waals surface area contributed by atoms with Gasteiger partial charge in [0.05, 0.1) is 16.1 Å². The third kappa shape index (κ3) is 4.05. The Morgan fingerprint density at radius 1 is 1.00 bits per heavy atom. The van der Waals surface area contributed by atoms with E-state index in [-0.39, 0.29) is 4.90 Å². The summed E-state index contributed by atoms with van der Waals surface area (Å²) in [4.78, 5) is 4.91. The standard InChI is InChI=1S/C21H24N4O2S/c1-13-10-15(3)21-19(11-13)14(2)12-20(23-21)25-24-16(4)17-6-8-18(9-7-17)28(26,27)22-5/h6-12,22H,1-5H3,(H,23,25)/b24-16-. The summed E-state index contributed by atoms with van der Waals surface area (Å²) in [5.41, 5.74) is 9.01. The monoisotopic (exact) mass is 396 g/mol. The van der Waals surface area contributed by atoms with E-state index in [2.05, 4.69) is 48.2 Å². The molecule has 6 nitrogen and oxygen atoms in total. The maximum Gasteiger partial charge on any atom is 0.240 e. The van der Waals surface area contributed by atoms with Crippen molar-refractivity contribution in [3.63, 3.8) is 0 Å². The SMILES string of the molecule is CNS(=O)(=O)c1ccc(/C(C)=N\Nc2cc(C)c3cc(C)cc(C)c3n2)cc1. The third-order valence-corrected chi connectivity index (χ3v) is 6.07. The van der Waals surface area contributed by atoms with Crippen LogP contribution in [0.15, 0.2) is 52.5 Å². The van der Waals surface area contributed by atoms with Crippen molar-refractivity contribution in [3.8, 4) is 0 Å². The second kappa shape index (κ2) is 7.69. The molecule has 0 bridgehead atoms. The number of pyridine rings is 1. The minimum Gasteiger partial charge on any atom is -0.261 e. The molecule has 0 radical (unpaired) electrons. The molecule has 0 saturated carbocycles. The molecular formula is C21H24N4O2S. The second-order valence-corrected chi connectivity index (χ2v) is 8.73. The maximum atomic E-state index is 11.8. The lowest BCUT2D eigenvalue weighted by atomic mass is 10.0. The molecule has 146 valence electrons. The molecule has 1 heterocycles. The van der Waals surface area contributed by atoms with Crippen molar-refractivity contribution in [3.05, 3.63) is 64.7 Å². The van der Waals surface area contributed by atoms with E-state index >= 15 is 0 Å². The van der Waals surface area contributed by atoms with E-state index < -0.39 is 10.0 Å². The fourth-order valence-corrected chi connectivity index (χ4v) is 3.83. The van der Waals surface area contributed by atoms with Gasteiger partial charge in [-0.25, -0.2) is 18.1 Å². The minimum atomic E-state index is -3.44. The lowest BCUT2D eigenvalue weighted by molar-refractivity contribution is 0.588. The Morgan fingerprint density at radius 2 is 1.68 bits per heavy atom. The van der Waals surface area contributed by atoms with Crippen molar-refractivity contribution < 1.29 is 8.42 Å². The summed E-state index contributed by atoms with van der Waals surface area (Å²) in [6, 6.07) is 12.8. The van der Waals surface area contributed by atoms with Gasteiger partial charge >= 0.3 is 0 Å². The molecule has 7 heteroatoms. The van der Waals surface area contributed by atoms with Crippen molar-refractivity contribution >= 4 is 32.5 Å². The molecule has 0 aliphatic heterocycles. The lowest BCUT2D eigenvalue weighted by Gasteiger charge is -2.10. The van der Waals surface area contributed by atoms with E-state index in [1.807, 2.05) is 13.0 Å². The number of aromatic nitrogens is 1. The molecule has 0 spiro atoms. The van der Waals surface area contributed by atoms with Gasteiger partial charge in [-0.2, -0.15) is 5.10 Å². The number of hydrogen-bond acceptors (Lipinski definition) is 5. The average Bonchev–Trinajstić information content (AvgIpc) is 2.67. The van der Waals surface area contributed by atoms with Crippen LogP contribution in [-0.2, 0) is 10.0 Å². The van der Waals surface area contributed by atoms with Crippen LogP contribution in [0.25, 0.3) is 10.9 Å². The molecule has 0 unspecified atom stereocenters. The number of nitrogens with one attached hydrogen (secondary N) is 2. The van der Waals surface area contributed by atoms with Gasteiger partial charge in [0.1, 0.15) is 5.82 Å². The van der Waals surface area contributed by atoms with Crippen LogP contribution in [0.4, 0.5) is 5.82 Å². The quantitative estimate of drug-likeness (QED) is 0.506. The Labute approximate surface area is 165 Å². The molecule has 2 aromatic carbocycles. The maximum absolute atomic E-state index is 11.8. The fourth-order valence-electron chi connectivity index (χ4n) is 3.10. The normalized spacial score (nSPS) is 12.4. The van der Waals surface area contributed by atoms with E-state index in [4.69, 9.17) is 4.98 Å². The predicted molar refractivity (Wildman–Crippen MR) is 114 cm³/mol. The van der Waals surface area contributed by atoms with Crippen molar-refractivity contribution in [1.82, 2.24) is 9.71 Å². The van der Waals surface area contributed by atoms with E-state index in [1.165, 1.54) is 12.6 Å². The summed E-state index contributed by atoms with van der Waals surface area (Å²) >= 11 is 0. The lowest BCUT2D eigenvalue weighted by Crippen LogP contribution is -2.18. The van der Waals surface area contributed by atoms with Gasteiger partial charge < -0.3 is 0 Å². The molecule has 0 saturated heterocycles. The molecule has 2 N–H and O–H groups in total. The topological polar surface area (TPSA) is 83.5 Å². The molecule has 1 aromatic heterocycles. The van der Waals surface area contributed by atoms with Gasteiger partial charge in [0.15, 0.2) is 0 Å². The molecule has 3 aromatic rings. The Hall–Kier alpha value is -2.77. The number of aryl methyl sites for hydroxylation is 3. The summed E-state index contributed by atoms with van der Waals surface area (Å²) < 4.78 is 25.9. The van der Waals surface area contributed by atoms with Gasteiger partial charge in [0.25, 0.3) is 0 Å². The van der Waals surface area contributed by atoms with E-state index in [0.717, 1.165) is 33.3 Å². The zero-order valence-corrected chi connectivity index (χ0v) is 17.5. The molecule has 28 heavy (non-hydrogen) atoms. The Balaban J connectivity index is 1.87. The van der Waals surface area contributed by atoms with E-state index in [9.17, 15) is 8.42 Å². The van der Waals surface area contributed by atoms with Gasteiger partial charge in [-0.3, -0.25) is 5.43 Å². The van der Waals surface area contributed by atoms with Crippen LogP contribution in [0.5, 0.6) is 0 Å². The van der Waals surface area contributed by atoms with Crippen LogP contribution in [-0.4, -0.2) is 26.2 Å². The van der Waals surface area contributed by atoms with Crippen LogP contribution in [0.2, 0.25) is 0 Å². The summed E-state index contributed by atoms with van der Waals surface area (Å²) in [5.74, 6) is 0.672. The zero-order valence-electron chi connectivity index (χ0n) is 16.7. The third-order valence-electron chi connectivity index (χ3n) is 4.64. The van der Waals surface area contributed by atoms with Crippen molar-refractivity contribution in [1.29, 1.82) is 0 Å². The van der Waals surface area contributed by atoms with Crippen LogP contribution in [0.1, 0.15) is 29.2 Å². The van der Waals surface area contributed by atoms with Gasteiger partial charge in [-0.15, -0.1) is 0 Å². The van der Waals surface area contributed by atoms with Crippen LogP contribution < -0.4 is 10.1 Å². The van der Waals surface area contributed by atoms with Crippen molar-refractivity contribution in [2.24, 2.45) is 5.10 Å². The first kappa shape index (κ1) is 20.0. The average molecular weight is 397 g/mol. The molecular weight excluding hydrogens is 372 g/mol. The smallest absolute Gasteiger partial charge is 0.240 e. The number of fused-ring (bicyclic) bond motifs is 1. The summed E-state index contributed by atoms with van der Waals surface area (Å²) in [6.45, 7) is 8.06. The van der Waals surface area contributed by atoms with E-state index in [1.54, 1.807) is 24.3 Å². The number of rotatable bonds is 5. The first-order chi connectivity index (χ1) is 13.2. The highest BCUT2D eigenvalue weighted by Crippen LogP contribution is 2.24. The van der Waals surface area contributed by atoms with Gasteiger partial charge in [0.2, 0.25) is 10.0 Å².